The summed E-state index contributed by atoms with van der Waals surface area (Å²) in [4.78, 5) is 0.246. The minimum atomic E-state index is -3.96. The van der Waals surface area contributed by atoms with Gasteiger partial charge in [0.05, 0.1) is 0 Å². The Balaban J connectivity index is 2.35. The van der Waals surface area contributed by atoms with Gasteiger partial charge in [-0.05, 0) is 55.0 Å². The van der Waals surface area contributed by atoms with Crippen LogP contribution in [0.5, 0.6) is 11.5 Å². The third kappa shape index (κ3) is 6.28. The van der Waals surface area contributed by atoms with Crippen LogP contribution in [0.25, 0.3) is 0 Å². The molecule has 0 aliphatic rings. The molecule has 0 heterocycles. The molecule has 27 heavy (non-hydrogen) atoms. The van der Waals surface area contributed by atoms with Crippen LogP contribution in [0.2, 0.25) is 0 Å². The third-order valence-corrected chi connectivity index (χ3v) is 5.94. The zero-order valence-corrected chi connectivity index (χ0v) is 17.1. The van der Waals surface area contributed by atoms with Crippen LogP contribution in [0.4, 0.5) is 0 Å². The Morgan fingerprint density at radius 1 is 0.889 bits per heavy atom. The van der Waals surface area contributed by atoms with Crippen molar-refractivity contribution in [2.45, 2.75) is 70.1 Å². The van der Waals surface area contributed by atoms with Crippen LogP contribution in [0.3, 0.4) is 0 Å². The minimum Gasteiger partial charge on any atom is -0.508 e. The van der Waals surface area contributed by atoms with E-state index in [2.05, 4.69) is 13.8 Å². The van der Waals surface area contributed by atoms with Gasteiger partial charge in [0.1, 0.15) is 16.4 Å². The monoisotopic (exact) mass is 390 g/mol. The quantitative estimate of drug-likeness (QED) is 0.399. The van der Waals surface area contributed by atoms with Crippen LogP contribution in [0.15, 0.2) is 47.4 Å². The van der Waals surface area contributed by atoms with Crippen LogP contribution in [0.1, 0.15) is 63.5 Å². The zero-order chi connectivity index (χ0) is 19.7. The third-order valence-electron chi connectivity index (χ3n) is 4.60. The van der Waals surface area contributed by atoms with Crippen molar-refractivity contribution in [1.29, 1.82) is 0 Å². The molecule has 0 saturated carbocycles. The highest BCUT2D eigenvalue weighted by Gasteiger charge is 2.22. The lowest BCUT2D eigenvalue weighted by Crippen LogP contribution is -2.14. The first-order valence-corrected chi connectivity index (χ1v) is 11.2. The van der Waals surface area contributed by atoms with Gasteiger partial charge in [-0.25, -0.2) is 0 Å². The molecular weight excluding hydrogens is 360 g/mol. The molecule has 0 amide bonds. The molecule has 0 spiro atoms. The van der Waals surface area contributed by atoms with Crippen LogP contribution >= 0.6 is 0 Å². The normalized spacial score (nSPS) is 11.5. The molecule has 0 aromatic heterocycles. The second-order valence-corrected chi connectivity index (χ2v) is 8.36. The fourth-order valence-corrected chi connectivity index (χ4v) is 4.41. The molecule has 0 bridgehead atoms. The van der Waals surface area contributed by atoms with E-state index in [9.17, 15) is 13.5 Å². The summed E-state index contributed by atoms with van der Waals surface area (Å²) < 4.78 is 31.2. The smallest absolute Gasteiger partial charge is 0.339 e. The van der Waals surface area contributed by atoms with Crippen molar-refractivity contribution in [2.24, 2.45) is 0 Å². The van der Waals surface area contributed by atoms with E-state index in [1.54, 1.807) is 18.2 Å². The van der Waals surface area contributed by atoms with Crippen molar-refractivity contribution in [3.63, 3.8) is 0 Å². The van der Waals surface area contributed by atoms with E-state index in [4.69, 9.17) is 4.18 Å². The molecule has 1 N–H and O–H groups in total. The van der Waals surface area contributed by atoms with Gasteiger partial charge < -0.3 is 9.29 Å². The summed E-state index contributed by atoms with van der Waals surface area (Å²) in [5.41, 5.74) is 1.97. The lowest BCUT2D eigenvalue weighted by atomic mass is 9.97. The Hall–Kier alpha value is -2.01. The number of phenols is 1. The van der Waals surface area contributed by atoms with Crippen LogP contribution < -0.4 is 4.18 Å². The SMILES string of the molecule is CCCCCc1cccc(S(=O)(=O)Oc2cccc(O)c2)c1CCCCC. The summed E-state index contributed by atoms with van der Waals surface area (Å²) in [6.45, 7) is 4.29. The fraction of sp³-hybridized carbons (Fsp3) is 0.455. The van der Waals surface area contributed by atoms with Crippen molar-refractivity contribution in [1.82, 2.24) is 0 Å². The highest BCUT2D eigenvalue weighted by molar-refractivity contribution is 7.87. The Kier molecular flexibility index (Phi) is 8.17. The number of aryl methyl sites for hydroxylation is 1. The van der Waals surface area contributed by atoms with Crippen molar-refractivity contribution < 1.29 is 17.7 Å². The molecule has 148 valence electrons. The molecule has 2 rings (SSSR count). The molecule has 2 aromatic carbocycles. The number of aromatic hydroxyl groups is 1. The average Bonchev–Trinajstić information content (AvgIpc) is 2.62. The minimum absolute atomic E-state index is 0.0285. The molecule has 0 fully saturated rings. The van der Waals surface area contributed by atoms with Gasteiger partial charge in [0.25, 0.3) is 0 Å². The van der Waals surface area contributed by atoms with Gasteiger partial charge in [0.2, 0.25) is 0 Å². The van der Waals surface area contributed by atoms with E-state index in [1.165, 1.54) is 18.2 Å². The molecule has 0 atom stereocenters. The van der Waals surface area contributed by atoms with Crippen molar-refractivity contribution >= 4 is 10.1 Å². The molecule has 0 saturated heterocycles. The van der Waals surface area contributed by atoms with Gasteiger partial charge >= 0.3 is 10.1 Å². The standard InChI is InChI=1S/C22H30O4S/c1-3-5-7-11-18-12-9-16-22(21(18)15-8-6-4-2)27(24,25)26-20-14-10-13-19(23)17-20/h9-10,12-14,16-17,23H,3-8,11,15H2,1-2H3. The first kappa shape index (κ1) is 21.3. The lowest BCUT2D eigenvalue weighted by Gasteiger charge is -2.16. The highest BCUT2D eigenvalue weighted by atomic mass is 32.2. The number of benzene rings is 2. The van der Waals surface area contributed by atoms with Gasteiger partial charge in [0.15, 0.2) is 0 Å². The van der Waals surface area contributed by atoms with Crippen molar-refractivity contribution in [2.75, 3.05) is 0 Å². The highest BCUT2D eigenvalue weighted by Crippen LogP contribution is 2.28. The van der Waals surface area contributed by atoms with Crippen LogP contribution in [0, 0.1) is 0 Å². The first-order chi connectivity index (χ1) is 13.0. The summed E-state index contributed by atoms with van der Waals surface area (Å²) in [6, 6.07) is 11.3. The topological polar surface area (TPSA) is 63.6 Å². The number of unbranched alkanes of at least 4 members (excludes halogenated alkanes) is 4. The number of hydrogen-bond donors (Lipinski definition) is 1. The summed E-state index contributed by atoms with van der Waals surface area (Å²) in [7, 11) is -3.96. The fourth-order valence-electron chi connectivity index (χ4n) is 3.19. The van der Waals surface area contributed by atoms with Gasteiger partial charge in [-0.15, -0.1) is 0 Å². The first-order valence-electron chi connectivity index (χ1n) is 9.82. The number of phenolic OH excluding ortho intramolecular Hbond substituents is 1. The molecule has 0 aliphatic carbocycles. The van der Waals surface area contributed by atoms with E-state index in [1.807, 2.05) is 6.07 Å². The zero-order valence-electron chi connectivity index (χ0n) is 16.3. The van der Waals surface area contributed by atoms with Gasteiger partial charge in [-0.3, -0.25) is 0 Å². The van der Waals surface area contributed by atoms with Gasteiger partial charge in [0, 0.05) is 6.07 Å². The van der Waals surface area contributed by atoms with Gasteiger partial charge in [-0.2, -0.15) is 8.42 Å². The maximum atomic E-state index is 12.9. The Morgan fingerprint density at radius 3 is 2.22 bits per heavy atom. The molecule has 4 nitrogen and oxygen atoms in total. The summed E-state index contributed by atoms with van der Waals surface area (Å²) in [5, 5.41) is 9.57. The van der Waals surface area contributed by atoms with E-state index in [-0.39, 0.29) is 16.4 Å². The summed E-state index contributed by atoms with van der Waals surface area (Å²) in [6.07, 6.45) is 8.02. The Bertz CT molecular complexity index is 828. The molecule has 5 heteroatoms. The molecule has 0 aliphatic heterocycles. The molecule has 2 aromatic rings. The van der Waals surface area contributed by atoms with E-state index >= 15 is 0 Å². The maximum Gasteiger partial charge on any atom is 0.339 e. The molecule has 0 unspecified atom stereocenters. The van der Waals surface area contributed by atoms with Crippen molar-refractivity contribution in [3.05, 3.63) is 53.6 Å². The predicted octanol–water partition coefficient (Wildman–Crippen LogP) is 5.63. The lowest BCUT2D eigenvalue weighted by molar-refractivity contribution is 0.463. The molecular formula is C22H30O4S. The van der Waals surface area contributed by atoms with E-state index in [0.717, 1.165) is 62.5 Å². The van der Waals surface area contributed by atoms with Crippen molar-refractivity contribution in [3.8, 4) is 11.5 Å². The second kappa shape index (κ2) is 10.4. The maximum absolute atomic E-state index is 12.9. The van der Waals surface area contributed by atoms with Crippen LogP contribution in [-0.4, -0.2) is 13.5 Å². The largest absolute Gasteiger partial charge is 0.508 e. The van der Waals surface area contributed by atoms with E-state index in [0.29, 0.717) is 0 Å². The number of rotatable bonds is 11. The average molecular weight is 391 g/mol. The Morgan fingerprint density at radius 2 is 1.56 bits per heavy atom. The molecule has 0 radical (unpaired) electrons. The second-order valence-electron chi connectivity index (χ2n) is 6.84. The Labute approximate surface area is 163 Å². The predicted molar refractivity (Wildman–Crippen MR) is 109 cm³/mol. The number of hydrogen-bond acceptors (Lipinski definition) is 4. The van der Waals surface area contributed by atoms with Gasteiger partial charge in [-0.1, -0.05) is 57.7 Å². The van der Waals surface area contributed by atoms with E-state index < -0.39 is 10.1 Å². The van der Waals surface area contributed by atoms with Crippen LogP contribution in [-0.2, 0) is 23.0 Å². The summed E-state index contributed by atoms with van der Waals surface area (Å²) >= 11 is 0. The summed E-state index contributed by atoms with van der Waals surface area (Å²) in [5.74, 6) is 0.0880.